The van der Waals surface area contributed by atoms with Crippen LogP contribution in [0.5, 0.6) is 0 Å². The minimum absolute atomic E-state index is 0. The third-order valence-corrected chi connectivity index (χ3v) is 5.92. The Hall–Kier alpha value is -0.360. The third-order valence-electron chi connectivity index (χ3n) is 5.92. The molecule has 0 aromatic heterocycles. The molecular weight excluding hydrogens is 304 g/mol. The summed E-state index contributed by atoms with van der Waals surface area (Å²) < 4.78 is 11.6. The van der Waals surface area contributed by atoms with Crippen LogP contribution in [0.3, 0.4) is 0 Å². The van der Waals surface area contributed by atoms with Crippen molar-refractivity contribution in [1.29, 1.82) is 0 Å². The second-order valence-electron chi connectivity index (χ2n) is 7.28. The molecule has 2 N–H and O–H groups in total. The first-order valence-corrected chi connectivity index (χ1v) is 8.24. The molecule has 0 aromatic carbocycles. The van der Waals surface area contributed by atoms with Gasteiger partial charge in [-0.1, -0.05) is 20.8 Å². The number of carbonyl (C=O) groups excluding carboxylic acids is 1. The summed E-state index contributed by atoms with van der Waals surface area (Å²) in [5, 5.41) is 0. The van der Waals surface area contributed by atoms with Gasteiger partial charge in [0.2, 0.25) is 5.91 Å². The van der Waals surface area contributed by atoms with Gasteiger partial charge in [0.1, 0.15) is 5.54 Å². The van der Waals surface area contributed by atoms with E-state index in [-0.39, 0.29) is 41.9 Å². The van der Waals surface area contributed by atoms with E-state index in [2.05, 4.69) is 20.8 Å². The van der Waals surface area contributed by atoms with Gasteiger partial charge in [0.05, 0.1) is 18.8 Å². The molecule has 3 aliphatic rings. The molecule has 0 bridgehead atoms. The summed E-state index contributed by atoms with van der Waals surface area (Å²) in [5.74, 6) is 0.262. The van der Waals surface area contributed by atoms with Crippen molar-refractivity contribution in [1.82, 2.24) is 4.90 Å². The Bertz CT molecular complexity index is 432. The number of halogens is 1. The van der Waals surface area contributed by atoms with Gasteiger partial charge in [-0.3, -0.25) is 4.79 Å². The topological polar surface area (TPSA) is 64.8 Å². The number of rotatable bonds is 2. The Kier molecular flexibility index (Phi) is 5.12. The Balaban J connectivity index is 0.00000176. The maximum absolute atomic E-state index is 13.1. The Morgan fingerprint density at radius 2 is 2.05 bits per heavy atom. The van der Waals surface area contributed by atoms with Crippen LogP contribution in [0.15, 0.2) is 0 Å². The molecule has 4 atom stereocenters. The first kappa shape index (κ1) is 18.0. The van der Waals surface area contributed by atoms with Gasteiger partial charge in [-0.2, -0.15) is 0 Å². The molecule has 2 aliphatic heterocycles. The molecule has 3 fully saturated rings. The van der Waals surface area contributed by atoms with Crippen LogP contribution in [0.4, 0.5) is 0 Å². The summed E-state index contributed by atoms with van der Waals surface area (Å²) in [5.41, 5.74) is 5.60. The highest BCUT2D eigenvalue weighted by Gasteiger charge is 2.70. The van der Waals surface area contributed by atoms with Gasteiger partial charge in [0.15, 0.2) is 0 Å². The lowest BCUT2D eigenvalue weighted by atomic mass is 9.46. The molecule has 22 heavy (non-hydrogen) atoms. The van der Waals surface area contributed by atoms with E-state index in [1.54, 1.807) is 0 Å². The number of hydrogen-bond acceptors (Lipinski definition) is 4. The predicted molar refractivity (Wildman–Crippen MR) is 87.0 cm³/mol. The van der Waals surface area contributed by atoms with E-state index in [1.165, 1.54) is 0 Å². The maximum Gasteiger partial charge on any atom is 0.243 e. The molecule has 1 aliphatic carbocycles. The van der Waals surface area contributed by atoms with Gasteiger partial charge in [0.25, 0.3) is 0 Å². The molecule has 0 aromatic rings. The average molecular weight is 333 g/mol. The Morgan fingerprint density at radius 1 is 1.32 bits per heavy atom. The largest absolute Gasteiger partial charge is 0.377 e. The predicted octanol–water partition coefficient (Wildman–Crippen LogP) is 1.58. The van der Waals surface area contributed by atoms with Crippen molar-refractivity contribution in [2.24, 2.45) is 17.1 Å². The quantitative estimate of drug-likeness (QED) is 0.833. The van der Waals surface area contributed by atoms with Crippen LogP contribution in [-0.2, 0) is 14.3 Å². The fourth-order valence-corrected chi connectivity index (χ4v) is 4.42. The standard InChI is InChI=1S/C16H28N2O3.ClH/c1-4-11-10-18(7-9-20-11)14(19)16(17)12-6-5-8-21-13(12)15(16,2)3;/h11-13H,4-10,17H2,1-3H3;1H. The van der Waals surface area contributed by atoms with Crippen molar-refractivity contribution >= 4 is 18.3 Å². The van der Waals surface area contributed by atoms with Crippen LogP contribution in [0.25, 0.3) is 0 Å². The minimum Gasteiger partial charge on any atom is -0.377 e. The highest BCUT2D eigenvalue weighted by atomic mass is 35.5. The van der Waals surface area contributed by atoms with Crippen molar-refractivity contribution in [3.8, 4) is 0 Å². The molecule has 128 valence electrons. The van der Waals surface area contributed by atoms with Gasteiger partial charge >= 0.3 is 0 Å². The van der Waals surface area contributed by atoms with E-state index >= 15 is 0 Å². The minimum atomic E-state index is -0.784. The zero-order valence-corrected chi connectivity index (χ0v) is 14.7. The molecule has 6 heteroatoms. The Morgan fingerprint density at radius 3 is 2.73 bits per heavy atom. The lowest BCUT2D eigenvalue weighted by Gasteiger charge is -2.66. The fourth-order valence-electron chi connectivity index (χ4n) is 4.42. The van der Waals surface area contributed by atoms with Crippen LogP contribution < -0.4 is 5.73 Å². The summed E-state index contributed by atoms with van der Waals surface area (Å²) >= 11 is 0. The van der Waals surface area contributed by atoms with Crippen molar-refractivity contribution in [2.45, 2.75) is 57.8 Å². The molecule has 0 spiro atoms. The average Bonchev–Trinajstić information content (AvgIpc) is 2.53. The van der Waals surface area contributed by atoms with E-state index in [9.17, 15) is 4.79 Å². The van der Waals surface area contributed by atoms with E-state index in [0.29, 0.717) is 19.7 Å². The van der Waals surface area contributed by atoms with Gasteiger partial charge in [0, 0.05) is 31.0 Å². The molecular formula is C16H29ClN2O3. The first-order chi connectivity index (χ1) is 9.92. The van der Waals surface area contributed by atoms with Gasteiger partial charge in [-0.05, 0) is 19.3 Å². The third kappa shape index (κ3) is 2.37. The normalized spacial score (nSPS) is 40.2. The molecule has 4 unspecified atom stereocenters. The van der Waals surface area contributed by atoms with Crippen molar-refractivity contribution in [2.75, 3.05) is 26.3 Å². The molecule has 1 amide bonds. The molecule has 1 saturated carbocycles. The summed E-state index contributed by atoms with van der Waals surface area (Å²) in [6.07, 6.45) is 3.21. The maximum atomic E-state index is 13.1. The van der Waals surface area contributed by atoms with Crippen molar-refractivity contribution < 1.29 is 14.3 Å². The number of ether oxygens (including phenoxy) is 2. The van der Waals surface area contributed by atoms with E-state index < -0.39 is 5.54 Å². The highest BCUT2D eigenvalue weighted by Crippen LogP contribution is 2.58. The molecule has 3 rings (SSSR count). The van der Waals surface area contributed by atoms with Crippen molar-refractivity contribution in [3.05, 3.63) is 0 Å². The van der Waals surface area contributed by atoms with Crippen LogP contribution in [0.1, 0.15) is 40.0 Å². The highest BCUT2D eigenvalue weighted by molar-refractivity contribution is 5.89. The zero-order chi connectivity index (χ0) is 15.3. The zero-order valence-electron chi connectivity index (χ0n) is 13.8. The van der Waals surface area contributed by atoms with Crippen LogP contribution in [0, 0.1) is 11.3 Å². The first-order valence-electron chi connectivity index (χ1n) is 8.24. The molecule has 2 heterocycles. The SMILES string of the molecule is CCC1CN(C(=O)C2(N)C3CCCOC3C2(C)C)CCO1.Cl. The monoisotopic (exact) mass is 332 g/mol. The van der Waals surface area contributed by atoms with Crippen LogP contribution >= 0.6 is 12.4 Å². The molecule has 0 radical (unpaired) electrons. The number of hydrogen-bond donors (Lipinski definition) is 1. The lowest BCUT2D eigenvalue weighted by Crippen LogP contribution is -2.82. The van der Waals surface area contributed by atoms with Gasteiger partial charge < -0.3 is 20.1 Å². The van der Waals surface area contributed by atoms with Crippen LogP contribution in [0.2, 0.25) is 0 Å². The number of carbonyl (C=O) groups is 1. The Labute approximate surface area is 139 Å². The second-order valence-corrected chi connectivity index (χ2v) is 7.28. The molecule has 5 nitrogen and oxygen atoms in total. The van der Waals surface area contributed by atoms with E-state index in [4.69, 9.17) is 15.2 Å². The number of nitrogens with zero attached hydrogens (tertiary/aromatic N) is 1. The summed E-state index contributed by atoms with van der Waals surface area (Å²) in [6, 6.07) is 0. The van der Waals surface area contributed by atoms with Gasteiger partial charge in [-0.15, -0.1) is 12.4 Å². The lowest BCUT2D eigenvalue weighted by molar-refractivity contribution is -0.232. The number of morpholine rings is 1. The summed E-state index contributed by atoms with van der Waals surface area (Å²) in [6.45, 7) is 8.99. The van der Waals surface area contributed by atoms with E-state index in [1.807, 2.05) is 4.90 Å². The number of nitrogens with two attached hydrogens (primary N) is 1. The molecule has 2 saturated heterocycles. The smallest absolute Gasteiger partial charge is 0.243 e. The second kappa shape index (κ2) is 6.27. The number of fused-ring (bicyclic) bond motifs is 1. The van der Waals surface area contributed by atoms with Crippen molar-refractivity contribution in [3.63, 3.8) is 0 Å². The van der Waals surface area contributed by atoms with Gasteiger partial charge in [-0.25, -0.2) is 0 Å². The fraction of sp³-hybridized carbons (Fsp3) is 0.938. The number of amides is 1. The van der Waals surface area contributed by atoms with E-state index in [0.717, 1.165) is 25.9 Å². The van der Waals surface area contributed by atoms with Crippen LogP contribution in [-0.4, -0.2) is 54.9 Å². The summed E-state index contributed by atoms with van der Waals surface area (Å²) in [7, 11) is 0. The summed E-state index contributed by atoms with van der Waals surface area (Å²) in [4.78, 5) is 15.0.